The van der Waals surface area contributed by atoms with Crippen LogP contribution in [0.4, 0.5) is 5.69 Å². The van der Waals surface area contributed by atoms with Crippen molar-refractivity contribution in [2.24, 2.45) is 28.6 Å². The third kappa shape index (κ3) is 3.50. The maximum Gasteiger partial charge on any atom is 0.319 e. The minimum Gasteiger partial charge on any atom is -0.497 e. The molecule has 5 heteroatoms. The molecule has 0 N–H and O–H groups in total. The van der Waals surface area contributed by atoms with Gasteiger partial charge in [0.15, 0.2) is 0 Å². The highest BCUT2D eigenvalue weighted by Gasteiger charge is 2.68. The lowest BCUT2D eigenvalue weighted by molar-refractivity contribution is -0.161. The first-order chi connectivity index (χ1) is 18.2. The molecule has 0 radical (unpaired) electrons. The molecular formula is C33H37NO4. The number of ether oxygens (including phenoxy) is 2. The molecule has 3 aromatic rings. The molecule has 5 nitrogen and oxygen atoms in total. The van der Waals surface area contributed by atoms with E-state index in [1.807, 2.05) is 31.2 Å². The number of carbonyl (C=O) groups excluding carboxylic acids is 2. The molecule has 3 aliphatic rings. The van der Waals surface area contributed by atoms with E-state index in [9.17, 15) is 9.59 Å². The normalized spacial score (nSPS) is 31.7. The molecule has 0 aromatic heterocycles. The van der Waals surface area contributed by atoms with Gasteiger partial charge in [-0.15, -0.1) is 0 Å². The third-order valence-electron chi connectivity index (χ3n) is 10.4. The minimum absolute atomic E-state index is 0.00678. The molecule has 38 heavy (non-hydrogen) atoms. The van der Waals surface area contributed by atoms with E-state index >= 15 is 0 Å². The molecular weight excluding hydrogens is 474 g/mol. The average Bonchev–Trinajstić information content (AvgIpc) is 3.40. The van der Waals surface area contributed by atoms with Crippen LogP contribution in [0, 0.1) is 28.6 Å². The summed E-state index contributed by atoms with van der Waals surface area (Å²) in [5.41, 5.74) is 2.04. The zero-order valence-corrected chi connectivity index (χ0v) is 22.9. The van der Waals surface area contributed by atoms with Crippen LogP contribution < -0.4 is 9.64 Å². The third-order valence-corrected chi connectivity index (χ3v) is 10.4. The van der Waals surface area contributed by atoms with Crippen LogP contribution in [0.1, 0.15) is 52.0 Å². The second kappa shape index (κ2) is 8.86. The summed E-state index contributed by atoms with van der Waals surface area (Å²) in [4.78, 5) is 29.1. The number of hydrogen-bond donors (Lipinski definition) is 0. The molecule has 1 heterocycles. The number of methoxy groups -OCH3 is 1. The van der Waals surface area contributed by atoms with Crippen molar-refractivity contribution >= 4 is 28.3 Å². The zero-order valence-electron chi connectivity index (χ0n) is 22.9. The minimum atomic E-state index is -0.791. The van der Waals surface area contributed by atoms with Crippen molar-refractivity contribution in [3.63, 3.8) is 0 Å². The smallest absolute Gasteiger partial charge is 0.319 e. The number of nitrogens with zero attached hydrogens (tertiary/aromatic N) is 1. The van der Waals surface area contributed by atoms with Gasteiger partial charge >= 0.3 is 5.97 Å². The van der Waals surface area contributed by atoms with Gasteiger partial charge in [0.2, 0.25) is 5.91 Å². The van der Waals surface area contributed by atoms with Crippen molar-refractivity contribution in [1.82, 2.24) is 0 Å². The summed E-state index contributed by atoms with van der Waals surface area (Å²) in [6.45, 7) is 9.52. The molecule has 6 rings (SSSR count). The first-order valence-corrected chi connectivity index (χ1v) is 13.8. The number of rotatable bonds is 5. The van der Waals surface area contributed by atoms with Crippen LogP contribution >= 0.6 is 0 Å². The summed E-state index contributed by atoms with van der Waals surface area (Å²) in [5, 5.41) is 2.43. The fourth-order valence-corrected chi connectivity index (χ4v) is 7.91. The van der Waals surface area contributed by atoms with Crippen LogP contribution in [0.25, 0.3) is 10.8 Å². The number of benzene rings is 3. The van der Waals surface area contributed by atoms with E-state index in [2.05, 4.69) is 63.2 Å². The lowest BCUT2D eigenvalue weighted by atomic mass is 9.64. The molecule has 2 bridgehead atoms. The Morgan fingerprint density at radius 3 is 2.42 bits per heavy atom. The van der Waals surface area contributed by atoms with Crippen LogP contribution in [0.2, 0.25) is 0 Å². The summed E-state index contributed by atoms with van der Waals surface area (Å²) in [6.07, 6.45) is 1.89. The van der Waals surface area contributed by atoms with Crippen molar-refractivity contribution < 1.29 is 19.1 Å². The predicted octanol–water partition coefficient (Wildman–Crippen LogP) is 6.60. The van der Waals surface area contributed by atoms with Crippen LogP contribution in [-0.4, -0.2) is 31.6 Å². The number of amides is 1. The Balaban J connectivity index is 1.32. The molecule has 1 aliphatic heterocycles. The van der Waals surface area contributed by atoms with Gasteiger partial charge in [0.1, 0.15) is 17.8 Å². The monoisotopic (exact) mass is 511 g/mol. The molecule has 0 spiro atoms. The van der Waals surface area contributed by atoms with E-state index in [4.69, 9.17) is 9.47 Å². The SMILES string of the molecule is COc1ccc(N2CC(C)C(C(=O)O[C@@H]3[C@H]4CC[C@@](C)([C@@H]3c3cccc5ccccc35)C4(C)C)C2=O)cc1. The average molecular weight is 512 g/mol. The topological polar surface area (TPSA) is 55.8 Å². The van der Waals surface area contributed by atoms with Gasteiger partial charge in [-0.3, -0.25) is 9.59 Å². The van der Waals surface area contributed by atoms with Crippen molar-refractivity contribution in [2.45, 2.75) is 52.6 Å². The molecule has 1 saturated heterocycles. The summed E-state index contributed by atoms with van der Waals surface area (Å²) in [6, 6.07) is 22.4. The highest BCUT2D eigenvalue weighted by atomic mass is 16.5. The van der Waals surface area contributed by atoms with Gasteiger partial charge in [0.25, 0.3) is 0 Å². The highest BCUT2D eigenvalue weighted by Crippen LogP contribution is 2.72. The van der Waals surface area contributed by atoms with E-state index in [1.54, 1.807) is 12.0 Å². The van der Waals surface area contributed by atoms with Gasteiger partial charge in [-0.1, -0.05) is 70.2 Å². The van der Waals surface area contributed by atoms with Gasteiger partial charge in [-0.2, -0.15) is 0 Å². The predicted molar refractivity (Wildman–Crippen MR) is 149 cm³/mol. The molecule has 2 unspecified atom stereocenters. The Bertz CT molecular complexity index is 1390. The maximum absolute atomic E-state index is 13.8. The maximum atomic E-state index is 13.8. The van der Waals surface area contributed by atoms with E-state index in [-0.39, 0.29) is 46.6 Å². The molecule has 2 saturated carbocycles. The number of anilines is 1. The second-order valence-corrected chi connectivity index (χ2v) is 12.3. The Kier molecular flexibility index (Phi) is 5.82. The summed E-state index contributed by atoms with van der Waals surface area (Å²) < 4.78 is 11.8. The molecule has 198 valence electrons. The first kappa shape index (κ1) is 25.0. The Labute approximate surface area is 225 Å². The number of esters is 1. The zero-order chi connectivity index (χ0) is 26.8. The number of hydrogen-bond acceptors (Lipinski definition) is 4. The summed E-state index contributed by atoms with van der Waals surface area (Å²) in [7, 11) is 1.62. The highest BCUT2D eigenvalue weighted by molar-refractivity contribution is 6.08. The van der Waals surface area contributed by atoms with Crippen LogP contribution in [0.15, 0.2) is 66.7 Å². The summed E-state index contributed by atoms with van der Waals surface area (Å²) in [5.74, 6) is -0.406. The van der Waals surface area contributed by atoms with Crippen molar-refractivity contribution in [3.05, 3.63) is 72.3 Å². The van der Waals surface area contributed by atoms with Crippen LogP contribution in [0.5, 0.6) is 5.75 Å². The van der Waals surface area contributed by atoms with Crippen molar-refractivity contribution in [1.29, 1.82) is 0 Å². The number of carbonyl (C=O) groups is 2. The van der Waals surface area contributed by atoms with Crippen LogP contribution in [-0.2, 0) is 14.3 Å². The fourth-order valence-electron chi connectivity index (χ4n) is 7.91. The van der Waals surface area contributed by atoms with E-state index < -0.39 is 5.92 Å². The van der Waals surface area contributed by atoms with Crippen LogP contribution in [0.3, 0.4) is 0 Å². The molecule has 3 fully saturated rings. The Hall–Kier alpha value is -3.34. The lowest BCUT2D eigenvalue weighted by Gasteiger charge is -2.40. The van der Waals surface area contributed by atoms with E-state index in [0.717, 1.165) is 24.3 Å². The molecule has 1 amide bonds. The van der Waals surface area contributed by atoms with E-state index in [0.29, 0.717) is 6.54 Å². The standard InChI is InChI=1S/C33H37NO4/c1-20-19-34(22-13-15-23(37-5)16-14-22)30(35)27(20)31(36)38-29-26-17-18-33(4,32(26,2)3)28(29)25-12-8-10-21-9-6-7-11-24(21)25/h6-16,20,26-29H,17-19H2,1-5H3/t20?,26-,27?,28-,29-,33+/m1/s1. The Morgan fingerprint density at radius 2 is 1.68 bits per heavy atom. The molecule has 2 aliphatic carbocycles. The van der Waals surface area contributed by atoms with Gasteiger partial charge in [0.05, 0.1) is 7.11 Å². The van der Waals surface area contributed by atoms with Gasteiger partial charge in [-0.25, -0.2) is 0 Å². The molecule has 3 aromatic carbocycles. The van der Waals surface area contributed by atoms with Gasteiger partial charge < -0.3 is 14.4 Å². The number of fused-ring (bicyclic) bond motifs is 3. The Morgan fingerprint density at radius 1 is 0.974 bits per heavy atom. The lowest BCUT2D eigenvalue weighted by Crippen LogP contribution is -2.39. The van der Waals surface area contributed by atoms with Crippen molar-refractivity contribution in [2.75, 3.05) is 18.6 Å². The van der Waals surface area contributed by atoms with Gasteiger partial charge in [-0.05, 0) is 70.2 Å². The second-order valence-electron chi connectivity index (χ2n) is 12.3. The van der Waals surface area contributed by atoms with E-state index in [1.165, 1.54) is 16.3 Å². The quantitative estimate of drug-likeness (QED) is 0.286. The fraction of sp³-hybridized carbons (Fsp3) is 0.455. The van der Waals surface area contributed by atoms with Crippen molar-refractivity contribution in [3.8, 4) is 5.75 Å². The largest absolute Gasteiger partial charge is 0.497 e. The molecule has 6 atom stereocenters. The van der Waals surface area contributed by atoms with Gasteiger partial charge in [0, 0.05) is 24.1 Å². The first-order valence-electron chi connectivity index (χ1n) is 13.8. The summed E-state index contributed by atoms with van der Waals surface area (Å²) >= 11 is 0.